The summed E-state index contributed by atoms with van der Waals surface area (Å²) in [5.41, 5.74) is 4.14. The number of nitrogen functional groups attached to an aromatic ring is 1. The van der Waals surface area contributed by atoms with Gasteiger partial charge >= 0.3 is 0 Å². The van der Waals surface area contributed by atoms with Crippen molar-refractivity contribution in [3.05, 3.63) is 53.8 Å². The maximum Gasteiger partial charge on any atom is 0.265 e. The predicted molar refractivity (Wildman–Crippen MR) is 73.1 cm³/mol. The van der Waals surface area contributed by atoms with Crippen molar-refractivity contribution in [3.63, 3.8) is 0 Å². The number of hydrazine groups is 1. The monoisotopic (exact) mass is 270 g/mol. The van der Waals surface area contributed by atoms with Crippen LogP contribution in [0.25, 0.3) is 22.4 Å². The minimum absolute atomic E-state index is 0.355. The second-order valence-electron chi connectivity index (χ2n) is 4.27. The molecule has 3 aromatic rings. The number of hydrogen-bond donors (Lipinski definition) is 3. The SMILES string of the molecule is NNC(=O)c1ccc2nc(-c3ccccc3F)[nH]c2c1. The molecule has 0 saturated heterocycles. The molecule has 6 heteroatoms. The molecule has 0 aliphatic heterocycles. The van der Waals surface area contributed by atoms with E-state index in [-0.39, 0.29) is 5.82 Å². The Bertz CT molecular complexity index is 797. The molecular formula is C14H11FN4O. The van der Waals surface area contributed by atoms with Crippen molar-refractivity contribution >= 4 is 16.9 Å². The molecule has 0 saturated carbocycles. The van der Waals surface area contributed by atoms with E-state index < -0.39 is 5.91 Å². The van der Waals surface area contributed by atoms with Crippen molar-refractivity contribution in [1.29, 1.82) is 0 Å². The topological polar surface area (TPSA) is 83.8 Å². The number of nitrogens with zero attached hydrogens (tertiary/aromatic N) is 1. The smallest absolute Gasteiger partial charge is 0.265 e. The Balaban J connectivity index is 2.12. The van der Waals surface area contributed by atoms with E-state index in [1.807, 2.05) is 0 Å². The zero-order valence-corrected chi connectivity index (χ0v) is 10.4. The molecule has 2 aromatic carbocycles. The summed E-state index contributed by atoms with van der Waals surface area (Å²) in [6, 6.07) is 11.3. The van der Waals surface area contributed by atoms with Gasteiger partial charge in [0, 0.05) is 5.56 Å². The van der Waals surface area contributed by atoms with E-state index in [0.29, 0.717) is 28.0 Å². The third-order valence-corrected chi connectivity index (χ3v) is 3.00. The Morgan fingerprint density at radius 3 is 2.80 bits per heavy atom. The zero-order valence-electron chi connectivity index (χ0n) is 10.4. The van der Waals surface area contributed by atoms with Gasteiger partial charge in [-0.1, -0.05) is 12.1 Å². The fourth-order valence-electron chi connectivity index (χ4n) is 2.02. The van der Waals surface area contributed by atoms with Crippen molar-refractivity contribution in [2.45, 2.75) is 0 Å². The molecule has 1 aromatic heterocycles. The quantitative estimate of drug-likeness (QED) is 0.378. The molecule has 5 nitrogen and oxygen atoms in total. The Labute approximate surface area is 113 Å². The molecule has 3 rings (SSSR count). The molecule has 0 fully saturated rings. The van der Waals surface area contributed by atoms with Gasteiger partial charge in [-0.05, 0) is 30.3 Å². The predicted octanol–water partition coefficient (Wildman–Crippen LogP) is 1.97. The summed E-state index contributed by atoms with van der Waals surface area (Å²) in [5.74, 6) is 4.76. The standard InChI is InChI=1S/C14H11FN4O/c15-10-4-2-1-3-9(10)13-17-11-6-5-8(14(20)19-16)7-12(11)18-13/h1-7H,16H2,(H,17,18)(H,19,20). The minimum Gasteiger partial charge on any atom is -0.338 e. The van der Waals surface area contributed by atoms with Gasteiger partial charge in [0.15, 0.2) is 0 Å². The minimum atomic E-state index is -0.394. The molecule has 20 heavy (non-hydrogen) atoms. The molecule has 100 valence electrons. The zero-order chi connectivity index (χ0) is 14.1. The average molecular weight is 270 g/mol. The number of aromatic amines is 1. The molecule has 0 aliphatic rings. The maximum absolute atomic E-state index is 13.7. The highest BCUT2D eigenvalue weighted by atomic mass is 19.1. The van der Waals surface area contributed by atoms with Crippen molar-refractivity contribution < 1.29 is 9.18 Å². The molecule has 0 spiro atoms. The number of H-pyrrole nitrogens is 1. The number of rotatable bonds is 2. The van der Waals surface area contributed by atoms with Crippen LogP contribution in [-0.2, 0) is 0 Å². The van der Waals surface area contributed by atoms with Crippen LogP contribution < -0.4 is 11.3 Å². The van der Waals surface area contributed by atoms with E-state index in [1.165, 1.54) is 6.07 Å². The first-order chi connectivity index (χ1) is 9.69. The maximum atomic E-state index is 13.7. The number of nitrogens with one attached hydrogen (secondary N) is 2. The number of imidazole rings is 1. The summed E-state index contributed by atoms with van der Waals surface area (Å²) in [6.45, 7) is 0. The Morgan fingerprint density at radius 2 is 2.05 bits per heavy atom. The molecular weight excluding hydrogens is 259 g/mol. The van der Waals surface area contributed by atoms with Crippen LogP contribution in [0.4, 0.5) is 4.39 Å². The van der Waals surface area contributed by atoms with Crippen LogP contribution in [0.3, 0.4) is 0 Å². The molecule has 0 bridgehead atoms. The number of amides is 1. The molecule has 0 aliphatic carbocycles. The summed E-state index contributed by atoms with van der Waals surface area (Å²) in [4.78, 5) is 18.8. The van der Waals surface area contributed by atoms with E-state index >= 15 is 0 Å². The lowest BCUT2D eigenvalue weighted by Crippen LogP contribution is -2.29. The van der Waals surface area contributed by atoms with Gasteiger partial charge in [0.05, 0.1) is 16.6 Å². The van der Waals surface area contributed by atoms with Gasteiger partial charge in [0.2, 0.25) is 0 Å². The van der Waals surface area contributed by atoms with Gasteiger partial charge in [-0.3, -0.25) is 10.2 Å². The average Bonchev–Trinajstić information content (AvgIpc) is 2.89. The second kappa shape index (κ2) is 4.75. The highest BCUT2D eigenvalue weighted by Crippen LogP contribution is 2.23. The van der Waals surface area contributed by atoms with Gasteiger partial charge in [-0.15, -0.1) is 0 Å². The van der Waals surface area contributed by atoms with Crippen molar-refractivity contribution in [3.8, 4) is 11.4 Å². The van der Waals surface area contributed by atoms with Crippen LogP contribution >= 0.6 is 0 Å². The van der Waals surface area contributed by atoms with Crippen LogP contribution in [0.1, 0.15) is 10.4 Å². The molecule has 1 amide bonds. The number of hydrogen-bond acceptors (Lipinski definition) is 3. The summed E-state index contributed by atoms with van der Waals surface area (Å²) < 4.78 is 13.7. The molecule has 0 atom stereocenters. The first kappa shape index (κ1) is 12.3. The first-order valence-corrected chi connectivity index (χ1v) is 5.94. The van der Waals surface area contributed by atoms with Crippen LogP contribution in [0.15, 0.2) is 42.5 Å². The molecule has 4 N–H and O–H groups in total. The third kappa shape index (κ3) is 2.02. The highest BCUT2D eigenvalue weighted by molar-refractivity contribution is 5.97. The number of fused-ring (bicyclic) bond motifs is 1. The normalized spacial score (nSPS) is 10.7. The van der Waals surface area contributed by atoms with Crippen molar-refractivity contribution in [1.82, 2.24) is 15.4 Å². The lowest BCUT2D eigenvalue weighted by Gasteiger charge is -1.98. The molecule has 0 unspecified atom stereocenters. The number of aromatic nitrogens is 2. The van der Waals surface area contributed by atoms with E-state index in [9.17, 15) is 9.18 Å². The first-order valence-electron chi connectivity index (χ1n) is 5.94. The number of nitrogens with two attached hydrogens (primary N) is 1. The summed E-state index contributed by atoms with van der Waals surface area (Å²) in [5, 5.41) is 0. The Hall–Kier alpha value is -2.73. The van der Waals surface area contributed by atoms with Crippen LogP contribution in [0.2, 0.25) is 0 Å². The number of carbonyl (C=O) groups excluding carboxylic acids is 1. The molecule has 1 heterocycles. The van der Waals surface area contributed by atoms with Gasteiger partial charge in [-0.25, -0.2) is 15.2 Å². The summed E-state index contributed by atoms with van der Waals surface area (Å²) in [6.07, 6.45) is 0. The second-order valence-corrected chi connectivity index (χ2v) is 4.27. The van der Waals surface area contributed by atoms with E-state index in [0.717, 1.165) is 0 Å². The lowest BCUT2D eigenvalue weighted by molar-refractivity contribution is 0.0954. The van der Waals surface area contributed by atoms with Crippen LogP contribution in [-0.4, -0.2) is 15.9 Å². The van der Waals surface area contributed by atoms with Gasteiger partial charge in [0.25, 0.3) is 5.91 Å². The van der Waals surface area contributed by atoms with Crippen LogP contribution in [0, 0.1) is 5.82 Å². The fourth-order valence-corrected chi connectivity index (χ4v) is 2.02. The highest BCUT2D eigenvalue weighted by Gasteiger charge is 2.11. The Morgan fingerprint density at radius 1 is 1.25 bits per heavy atom. The van der Waals surface area contributed by atoms with Crippen molar-refractivity contribution in [2.75, 3.05) is 0 Å². The Kier molecular flexibility index (Phi) is 2.92. The van der Waals surface area contributed by atoms with Gasteiger partial charge in [0.1, 0.15) is 11.6 Å². The number of benzene rings is 2. The van der Waals surface area contributed by atoms with E-state index in [4.69, 9.17) is 5.84 Å². The third-order valence-electron chi connectivity index (χ3n) is 3.00. The van der Waals surface area contributed by atoms with E-state index in [1.54, 1.807) is 36.4 Å². The largest absolute Gasteiger partial charge is 0.338 e. The fraction of sp³-hybridized carbons (Fsp3) is 0. The lowest BCUT2D eigenvalue weighted by atomic mass is 10.2. The number of halogens is 1. The van der Waals surface area contributed by atoms with Crippen LogP contribution in [0.5, 0.6) is 0 Å². The van der Waals surface area contributed by atoms with Crippen molar-refractivity contribution in [2.24, 2.45) is 5.84 Å². The molecule has 0 radical (unpaired) electrons. The summed E-state index contributed by atoms with van der Waals surface area (Å²) in [7, 11) is 0. The van der Waals surface area contributed by atoms with E-state index in [2.05, 4.69) is 15.4 Å². The summed E-state index contributed by atoms with van der Waals surface area (Å²) >= 11 is 0. The van der Waals surface area contributed by atoms with Gasteiger partial charge < -0.3 is 4.98 Å². The number of carbonyl (C=O) groups is 1. The van der Waals surface area contributed by atoms with Gasteiger partial charge in [-0.2, -0.15) is 0 Å².